The molecule has 0 unspecified atom stereocenters. The molecule has 0 fully saturated rings. The SMILES string of the molecule is COc1ccc(NC(=O)CN[C@@H](C)c2ccc(Cl)cc2Cl)cc1Cl. The molecule has 0 aromatic heterocycles. The molecule has 0 aliphatic carbocycles. The number of halogens is 3. The molecule has 0 aliphatic heterocycles. The Hall–Kier alpha value is -1.46. The number of carbonyl (C=O) groups is 1. The van der Waals surface area contributed by atoms with E-state index in [-0.39, 0.29) is 18.5 Å². The first-order chi connectivity index (χ1) is 11.4. The lowest BCUT2D eigenvalue weighted by Crippen LogP contribution is -2.30. The third kappa shape index (κ3) is 5.02. The van der Waals surface area contributed by atoms with Crippen molar-refractivity contribution in [2.24, 2.45) is 0 Å². The van der Waals surface area contributed by atoms with Crippen molar-refractivity contribution < 1.29 is 9.53 Å². The molecule has 2 aromatic rings. The highest BCUT2D eigenvalue weighted by Gasteiger charge is 2.12. The maximum atomic E-state index is 12.1. The van der Waals surface area contributed by atoms with E-state index in [0.29, 0.717) is 26.5 Å². The van der Waals surface area contributed by atoms with E-state index in [4.69, 9.17) is 39.5 Å². The van der Waals surface area contributed by atoms with Gasteiger partial charge < -0.3 is 15.4 Å². The van der Waals surface area contributed by atoms with E-state index in [1.807, 2.05) is 13.0 Å². The van der Waals surface area contributed by atoms with Crippen molar-refractivity contribution in [3.63, 3.8) is 0 Å². The lowest BCUT2D eigenvalue weighted by atomic mass is 10.1. The molecule has 128 valence electrons. The van der Waals surface area contributed by atoms with E-state index in [1.165, 1.54) is 7.11 Å². The zero-order valence-corrected chi connectivity index (χ0v) is 15.5. The molecular formula is C17H17Cl3N2O2. The summed E-state index contributed by atoms with van der Waals surface area (Å²) in [5.74, 6) is 0.368. The third-order valence-electron chi connectivity index (χ3n) is 3.43. The second-order valence-corrected chi connectivity index (χ2v) is 6.42. The maximum absolute atomic E-state index is 12.1. The van der Waals surface area contributed by atoms with Crippen molar-refractivity contribution in [3.05, 3.63) is 57.0 Å². The van der Waals surface area contributed by atoms with E-state index in [2.05, 4.69) is 10.6 Å². The quantitative estimate of drug-likeness (QED) is 0.737. The van der Waals surface area contributed by atoms with Gasteiger partial charge in [0.2, 0.25) is 5.91 Å². The van der Waals surface area contributed by atoms with E-state index >= 15 is 0 Å². The number of benzene rings is 2. The molecule has 2 aromatic carbocycles. The first-order valence-electron chi connectivity index (χ1n) is 7.22. The van der Waals surface area contributed by atoms with Gasteiger partial charge in [-0.3, -0.25) is 4.79 Å². The fourth-order valence-corrected chi connectivity index (χ4v) is 2.99. The van der Waals surface area contributed by atoms with Crippen LogP contribution in [0, 0.1) is 0 Å². The third-order valence-corrected chi connectivity index (χ3v) is 4.29. The number of ether oxygens (including phenoxy) is 1. The molecule has 1 atom stereocenters. The van der Waals surface area contributed by atoms with Gasteiger partial charge in [0.1, 0.15) is 5.75 Å². The van der Waals surface area contributed by atoms with Gasteiger partial charge in [-0.1, -0.05) is 40.9 Å². The molecule has 2 rings (SSSR count). The van der Waals surface area contributed by atoms with Crippen LogP contribution in [0.4, 0.5) is 5.69 Å². The van der Waals surface area contributed by atoms with Gasteiger partial charge in [-0.25, -0.2) is 0 Å². The summed E-state index contributed by atoms with van der Waals surface area (Å²) in [5.41, 5.74) is 1.48. The van der Waals surface area contributed by atoms with E-state index in [0.717, 1.165) is 5.56 Å². The van der Waals surface area contributed by atoms with Crippen LogP contribution in [0.2, 0.25) is 15.1 Å². The highest BCUT2D eigenvalue weighted by molar-refractivity contribution is 6.35. The van der Waals surface area contributed by atoms with Crippen molar-refractivity contribution in [1.82, 2.24) is 5.32 Å². The Kier molecular flexibility index (Phi) is 6.75. The molecule has 0 spiro atoms. The molecule has 2 N–H and O–H groups in total. The van der Waals surface area contributed by atoms with Crippen LogP contribution < -0.4 is 15.4 Å². The van der Waals surface area contributed by atoms with Crippen molar-refractivity contribution in [2.45, 2.75) is 13.0 Å². The molecule has 0 saturated carbocycles. The topological polar surface area (TPSA) is 50.4 Å². The summed E-state index contributed by atoms with van der Waals surface area (Å²) in [6, 6.07) is 10.2. The smallest absolute Gasteiger partial charge is 0.238 e. The van der Waals surface area contributed by atoms with E-state index in [9.17, 15) is 4.79 Å². The summed E-state index contributed by atoms with van der Waals surface area (Å²) in [6.45, 7) is 2.05. The zero-order chi connectivity index (χ0) is 17.7. The fraction of sp³-hybridized carbons (Fsp3) is 0.235. The second-order valence-electron chi connectivity index (χ2n) is 5.17. The Morgan fingerprint density at radius 3 is 2.50 bits per heavy atom. The van der Waals surface area contributed by atoms with Crippen LogP contribution in [0.5, 0.6) is 5.75 Å². The van der Waals surface area contributed by atoms with Gasteiger partial charge in [0.15, 0.2) is 0 Å². The molecule has 0 radical (unpaired) electrons. The maximum Gasteiger partial charge on any atom is 0.238 e. The number of amides is 1. The van der Waals surface area contributed by atoms with Crippen molar-refractivity contribution in [3.8, 4) is 5.75 Å². The molecule has 7 heteroatoms. The summed E-state index contributed by atoms with van der Waals surface area (Å²) in [6.07, 6.45) is 0. The molecular weight excluding hydrogens is 371 g/mol. The lowest BCUT2D eigenvalue weighted by Gasteiger charge is -2.16. The summed E-state index contributed by atoms with van der Waals surface area (Å²) in [5, 5.41) is 7.46. The standard InChI is InChI=1S/C17H17Cl3N2O2/c1-10(13-5-3-11(18)7-14(13)19)21-9-17(23)22-12-4-6-16(24-2)15(20)8-12/h3-8,10,21H,9H2,1-2H3,(H,22,23)/t10-/m0/s1. The van der Waals surface area contributed by atoms with Crippen molar-refractivity contribution in [1.29, 1.82) is 0 Å². The second kappa shape index (κ2) is 8.58. The fourth-order valence-electron chi connectivity index (χ4n) is 2.16. The Morgan fingerprint density at radius 2 is 1.88 bits per heavy atom. The Balaban J connectivity index is 1.92. The highest BCUT2D eigenvalue weighted by atomic mass is 35.5. The molecule has 0 aliphatic rings. The molecule has 0 heterocycles. The number of hydrogen-bond donors (Lipinski definition) is 2. The molecule has 0 bridgehead atoms. The minimum atomic E-state index is -0.187. The number of nitrogens with one attached hydrogen (secondary N) is 2. The number of anilines is 1. The van der Waals surface area contributed by atoms with Crippen LogP contribution in [0.1, 0.15) is 18.5 Å². The number of rotatable bonds is 6. The van der Waals surface area contributed by atoms with Crippen LogP contribution in [-0.2, 0) is 4.79 Å². The average Bonchev–Trinajstić information content (AvgIpc) is 2.53. The van der Waals surface area contributed by atoms with Crippen LogP contribution in [0.25, 0.3) is 0 Å². The summed E-state index contributed by atoms with van der Waals surface area (Å²) >= 11 is 18.1. The van der Waals surface area contributed by atoms with Gasteiger partial charge in [0.25, 0.3) is 0 Å². The van der Waals surface area contributed by atoms with Crippen LogP contribution in [0.15, 0.2) is 36.4 Å². The molecule has 24 heavy (non-hydrogen) atoms. The Bertz CT molecular complexity index is 738. The number of carbonyl (C=O) groups excluding carboxylic acids is 1. The first kappa shape index (κ1) is 18.9. The molecule has 4 nitrogen and oxygen atoms in total. The van der Waals surface area contributed by atoms with Gasteiger partial charge in [-0.15, -0.1) is 0 Å². The van der Waals surface area contributed by atoms with Crippen LogP contribution in [0.3, 0.4) is 0 Å². The minimum absolute atomic E-state index is 0.0972. The normalized spacial score (nSPS) is 11.9. The largest absolute Gasteiger partial charge is 0.495 e. The predicted molar refractivity (Wildman–Crippen MR) is 99.5 cm³/mol. The van der Waals surface area contributed by atoms with Crippen molar-refractivity contribution in [2.75, 3.05) is 19.0 Å². The summed E-state index contributed by atoms with van der Waals surface area (Å²) in [7, 11) is 1.53. The molecule has 0 saturated heterocycles. The van der Waals surface area contributed by atoms with Gasteiger partial charge in [0, 0.05) is 21.8 Å². The first-order valence-corrected chi connectivity index (χ1v) is 8.36. The summed E-state index contributed by atoms with van der Waals surface area (Å²) in [4.78, 5) is 12.1. The highest BCUT2D eigenvalue weighted by Crippen LogP contribution is 2.27. The lowest BCUT2D eigenvalue weighted by molar-refractivity contribution is -0.115. The van der Waals surface area contributed by atoms with Gasteiger partial charge in [-0.05, 0) is 42.8 Å². The van der Waals surface area contributed by atoms with Gasteiger partial charge in [0.05, 0.1) is 18.7 Å². The number of methoxy groups -OCH3 is 1. The van der Waals surface area contributed by atoms with Gasteiger partial charge >= 0.3 is 0 Å². The minimum Gasteiger partial charge on any atom is -0.495 e. The van der Waals surface area contributed by atoms with Gasteiger partial charge in [-0.2, -0.15) is 0 Å². The average molecular weight is 388 g/mol. The monoisotopic (exact) mass is 386 g/mol. The Morgan fingerprint density at radius 1 is 1.12 bits per heavy atom. The Labute approximate surface area is 156 Å². The molecule has 1 amide bonds. The van der Waals surface area contributed by atoms with Crippen LogP contribution in [-0.4, -0.2) is 19.6 Å². The summed E-state index contributed by atoms with van der Waals surface area (Å²) < 4.78 is 5.07. The number of hydrogen-bond acceptors (Lipinski definition) is 3. The zero-order valence-electron chi connectivity index (χ0n) is 13.2. The van der Waals surface area contributed by atoms with Crippen molar-refractivity contribution >= 4 is 46.4 Å². The van der Waals surface area contributed by atoms with Crippen LogP contribution >= 0.6 is 34.8 Å². The van der Waals surface area contributed by atoms with E-state index < -0.39 is 0 Å². The van der Waals surface area contributed by atoms with E-state index in [1.54, 1.807) is 30.3 Å². The predicted octanol–water partition coefficient (Wildman–Crippen LogP) is 4.94.